The summed E-state index contributed by atoms with van der Waals surface area (Å²) in [6.07, 6.45) is 2.14. The molecule has 0 aliphatic carbocycles. The van der Waals surface area contributed by atoms with Gasteiger partial charge in [-0.1, -0.05) is 44.2 Å². The van der Waals surface area contributed by atoms with E-state index in [1.807, 2.05) is 63.2 Å². The monoisotopic (exact) mass is 581 g/mol. The minimum Gasteiger partial charge on any atom is -0.497 e. The van der Waals surface area contributed by atoms with Crippen molar-refractivity contribution in [2.75, 3.05) is 24.2 Å². The molecule has 0 bridgehead atoms. The lowest BCUT2D eigenvalue weighted by Gasteiger charge is -2.33. The largest absolute Gasteiger partial charge is 0.497 e. The second-order valence-corrected chi connectivity index (χ2v) is 11.7. The Labute approximate surface area is 243 Å². The van der Waals surface area contributed by atoms with Crippen molar-refractivity contribution in [3.05, 3.63) is 84.4 Å². The third kappa shape index (κ3) is 8.97. The lowest BCUT2D eigenvalue weighted by atomic mass is 10.1. The van der Waals surface area contributed by atoms with E-state index in [0.29, 0.717) is 29.4 Å². The predicted octanol–water partition coefficient (Wildman–Crippen LogP) is 4.98. The summed E-state index contributed by atoms with van der Waals surface area (Å²) in [6, 6.07) is 22.0. The van der Waals surface area contributed by atoms with Crippen molar-refractivity contribution in [3.63, 3.8) is 0 Å². The molecule has 3 aromatic carbocycles. The van der Waals surface area contributed by atoms with E-state index in [2.05, 4.69) is 5.32 Å². The number of nitrogens with zero attached hydrogens (tertiary/aromatic N) is 2. The van der Waals surface area contributed by atoms with Gasteiger partial charge in [-0.25, -0.2) is 8.42 Å². The van der Waals surface area contributed by atoms with Crippen molar-refractivity contribution in [2.24, 2.45) is 0 Å². The normalized spacial score (nSPS) is 12.6. The maximum atomic E-state index is 13.9. The third-order valence-corrected chi connectivity index (χ3v) is 7.82. The number of anilines is 1. The number of carbonyl (C=O) groups is 2. The van der Waals surface area contributed by atoms with Crippen LogP contribution in [0.2, 0.25) is 0 Å². The zero-order chi connectivity index (χ0) is 30.0. The first-order valence-electron chi connectivity index (χ1n) is 13.6. The zero-order valence-electron chi connectivity index (χ0n) is 24.2. The Morgan fingerprint density at radius 3 is 1.98 bits per heavy atom. The van der Waals surface area contributed by atoms with E-state index in [4.69, 9.17) is 9.47 Å². The van der Waals surface area contributed by atoms with Gasteiger partial charge in [-0.05, 0) is 73.9 Å². The topological polar surface area (TPSA) is 105 Å². The molecule has 41 heavy (non-hydrogen) atoms. The fourth-order valence-corrected chi connectivity index (χ4v) is 5.06. The number of sulfonamides is 1. The van der Waals surface area contributed by atoms with Gasteiger partial charge in [0.05, 0.1) is 19.1 Å². The molecule has 9 nitrogen and oxygen atoms in total. The molecule has 2 atom stereocenters. The van der Waals surface area contributed by atoms with Crippen molar-refractivity contribution < 1.29 is 27.5 Å². The van der Waals surface area contributed by atoms with Crippen LogP contribution in [0.1, 0.15) is 39.2 Å². The van der Waals surface area contributed by atoms with E-state index < -0.39 is 28.5 Å². The molecule has 0 aliphatic rings. The highest BCUT2D eigenvalue weighted by Gasteiger charge is 2.32. The number of para-hydroxylation sites is 1. The Kier molecular flexibility index (Phi) is 11.2. The van der Waals surface area contributed by atoms with Gasteiger partial charge >= 0.3 is 0 Å². The van der Waals surface area contributed by atoms with Crippen molar-refractivity contribution in [1.29, 1.82) is 0 Å². The first-order chi connectivity index (χ1) is 19.5. The van der Waals surface area contributed by atoms with Crippen molar-refractivity contribution >= 4 is 27.5 Å². The average molecular weight is 582 g/mol. The molecule has 0 saturated heterocycles. The number of rotatable bonds is 14. The third-order valence-electron chi connectivity index (χ3n) is 6.68. The molecule has 0 saturated carbocycles. The summed E-state index contributed by atoms with van der Waals surface area (Å²) in [4.78, 5) is 28.6. The molecule has 3 aromatic rings. The van der Waals surface area contributed by atoms with Crippen molar-refractivity contribution in [1.82, 2.24) is 10.2 Å². The number of amides is 2. The maximum absolute atomic E-state index is 13.9. The summed E-state index contributed by atoms with van der Waals surface area (Å²) in [5, 5.41) is 2.96. The van der Waals surface area contributed by atoms with E-state index >= 15 is 0 Å². The Morgan fingerprint density at radius 2 is 1.44 bits per heavy atom. The Hall–Kier alpha value is -4.05. The molecule has 220 valence electrons. The van der Waals surface area contributed by atoms with E-state index in [0.717, 1.165) is 22.5 Å². The van der Waals surface area contributed by atoms with Gasteiger partial charge in [0.15, 0.2) is 0 Å². The van der Waals surface area contributed by atoms with Crippen LogP contribution in [0.5, 0.6) is 17.2 Å². The summed E-state index contributed by atoms with van der Waals surface area (Å²) in [5.74, 6) is 1.05. The molecule has 0 aliphatic heterocycles. The fraction of sp³-hybridized carbons (Fsp3) is 0.355. The quantitative estimate of drug-likeness (QED) is 0.288. The van der Waals surface area contributed by atoms with Crippen LogP contribution in [-0.2, 0) is 26.2 Å². The van der Waals surface area contributed by atoms with Gasteiger partial charge in [-0.3, -0.25) is 13.9 Å². The second-order valence-electron chi connectivity index (χ2n) is 9.79. The second kappa shape index (κ2) is 14.5. The SMILES string of the molecule is CC[C@H](C)NC(=O)[C@H](CC)N(Cc1ccc(OC)cc1)C(=O)CN(c1ccc(Oc2ccccc2)cc1)S(C)(=O)=O. The van der Waals surface area contributed by atoms with Gasteiger partial charge in [0.1, 0.15) is 29.8 Å². The highest BCUT2D eigenvalue weighted by molar-refractivity contribution is 7.92. The van der Waals surface area contributed by atoms with E-state index in [1.54, 1.807) is 43.5 Å². The van der Waals surface area contributed by atoms with Gasteiger partial charge in [0.2, 0.25) is 21.8 Å². The molecule has 0 unspecified atom stereocenters. The molecule has 0 aromatic heterocycles. The molecule has 0 heterocycles. The summed E-state index contributed by atoms with van der Waals surface area (Å²) < 4.78 is 37.9. The number of hydrogen-bond donors (Lipinski definition) is 1. The van der Waals surface area contributed by atoms with Crippen LogP contribution in [0.25, 0.3) is 0 Å². The van der Waals surface area contributed by atoms with E-state index in [1.165, 1.54) is 4.90 Å². The lowest BCUT2D eigenvalue weighted by molar-refractivity contribution is -0.140. The number of methoxy groups -OCH3 is 1. The van der Waals surface area contributed by atoms with Crippen LogP contribution in [0.15, 0.2) is 78.9 Å². The van der Waals surface area contributed by atoms with Crippen molar-refractivity contribution in [2.45, 2.75) is 52.2 Å². The summed E-state index contributed by atoms with van der Waals surface area (Å²) >= 11 is 0. The fourth-order valence-electron chi connectivity index (χ4n) is 4.21. The Balaban J connectivity index is 1.89. The number of carbonyl (C=O) groups excluding carboxylic acids is 2. The highest BCUT2D eigenvalue weighted by Crippen LogP contribution is 2.26. The molecule has 0 fully saturated rings. The van der Waals surface area contributed by atoms with Gasteiger partial charge in [-0.15, -0.1) is 0 Å². The van der Waals surface area contributed by atoms with E-state index in [9.17, 15) is 18.0 Å². The Morgan fingerprint density at radius 1 is 0.854 bits per heavy atom. The van der Waals surface area contributed by atoms with Gasteiger partial charge in [-0.2, -0.15) is 0 Å². The zero-order valence-corrected chi connectivity index (χ0v) is 25.1. The number of benzene rings is 3. The standard InChI is InChI=1S/C31H39N3O6S/c1-6-23(3)32-31(36)29(7-2)33(21-24-13-17-26(39-4)18-14-24)30(35)22-34(41(5,37)38)25-15-19-28(20-16-25)40-27-11-9-8-10-12-27/h8-20,23,29H,6-7,21-22H2,1-5H3,(H,32,36)/t23-,29-/m0/s1. The highest BCUT2D eigenvalue weighted by atomic mass is 32.2. The Bertz CT molecular complexity index is 1380. The smallest absolute Gasteiger partial charge is 0.244 e. The lowest BCUT2D eigenvalue weighted by Crippen LogP contribution is -2.53. The molecule has 0 spiro atoms. The number of ether oxygens (including phenoxy) is 2. The minimum absolute atomic E-state index is 0.0707. The van der Waals surface area contributed by atoms with Crippen LogP contribution in [0, 0.1) is 0 Å². The van der Waals surface area contributed by atoms with Crippen molar-refractivity contribution in [3.8, 4) is 17.2 Å². The molecule has 10 heteroatoms. The first kappa shape index (κ1) is 31.5. The number of hydrogen-bond acceptors (Lipinski definition) is 6. The summed E-state index contributed by atoms with van der Waals surface area (Å²) in [7, 11) is -2.28. The molecule has 2 amide bonds. The van der Waals surface area contributed by atoms with Crippen LogP contribution in [-0.4, -0.2) is 57.1 Å². The van der Waals surface area contributed by atoms with Crippen LogP contribution < -0.4 is 19.1 Å². The van der Waals surface area contributed by atoms with Crippen LogP contribution >= 0.6 is 0 Å². The average Bonchev–Trinajstić information content (AvgIpc) is 2.96. The molecule has 0 radical (unpaired) electrons. The van der Waals surface area contributed by atoms with Gasteiger partial charge in [0, 0.05) is 12.6 Å². The molecular formula is C31H39N3O6S. The predicted molar refractivity (Wildman–Crippen MR) is 161 cm³/mol. The summed E-state index contributed by atoms with van der Waals surface area (Å²) in [5.41, 5.74) is 1.09. The molecule has 1 N–H and O–H groups in total. The number of nitrogens with one attached hydrogen (secondary N) is 1. The molecular weight excluding hydrogens is 542 g/mol. The molecule has 3 rings (SSSR count). The van der Waals surface area contributed by atoms with Crippen LogP contribution in [0.3, 0.4) is 0 Å². The van der Waals surface area contributed by atoms with E-state index in [-0.39, 0.29) is 18.5 Å². The summed E-state index contributed by atoms with van der Waals surface area (Å²) in [6.45, 7) is 5.34. The van der Waals surface area contributed by atoms with Gasteiger partial charge in [0.25, 0.3) is 0 Å². The first-order valence-corrected chi connectivity index (χ1v) is 15.4. The van der Waals surface area contributed by atoms with Crippen LogP contribution in [0.4, 0.5) is 5.69 Å². The minimum atomic E-state index is -3.85. The van der Waals surface area contributed by atoms with Gasteiger partial charge < -0.3 is 19.7 Å². The maximum Gasteiger partial charge on any atom is 0.244 e.